The molecule has 78 valence electrons. The van der Waals surface area contributed by atoms with E-state index < -0.39 is 0 Å². The monoisotopic (exact) mass is 249 g/mol. The van der Waals surface area contributed by atoms with E-state index in [-0.39, 0.29) is 0 Å². The first-order valence-corrected chi connectivity index (χ1v) is 6.89. The zero-order chi connectivity index (χ0) is 9.97. The average molecular weight is 250 g/mol. The summed E-state index contributed by atoms with van der Waals surface area (Å²) in [5, 5.41) is 2.64. The molecule has 0 saturated carbocycles. The van der Waals surface area contributed by atoms with E-state index in [1.54, 1.807) is 0 Å². The fourth-order valence-corrected chi connectivity index (χ4v) is 3.50. The van der Waals surface area contributed by atoms with Gasteiger partial charge >= 0.3 is 0 Å². The largest absolute Gasteiger partial charge is 0.377 e. The van der Waals surface area contributed by atoms with Crippen LogP contribution in [0, 0.1) is 0 Å². The Morgan fingerprint density at radius 3 is 3.21 bits per heavy atom. The molecule has 2 unspecified atom stereocenters. The lowest BCUT2D eigenvalue weighted by Crippen LogP contribution is -2.13. The van der Waals surface area contributed by atoms with Gasteiger partial charge in [0, 0.05) is 23.0 Å². The molecule has 1 fully saturated rings. The van der Waals surface area contributed by atoms with E-state index in [0.29, 0.717) is 15.8 Å². The maximum atomic E-state index is 5.76. The molecule has 1 saturated heterocycles. The predicted octanol–water partition coefficient (Wildman–Crippen LogP) is 3.21. The molecule has 2 nitrogen and oxygen atoms in total. The molecule has 0 spiro atoms. The normalized spacial score (nSPS) is 27.0. The standard InChI is InChI=1S/C9H12ClNOS2/c1-6-8(2-3-12-6)13-4-7-5-14-9(10)11-7/h5-6,8H,2-4H2,1H3. The van der Waals surface area contributed by atoms with Gasteiger partial charge in [-0.2, -0.15) is 0 Å². The van der Waals surface area contributed by atoms with Crippen LogP contribution in [0.25, 0.3) is 0 Å². The third kappa shape index (κ3) is 2.63. The maximum Gasteiger partial charge on any atom is 0.183 e. The Morgan fingerprint density at radius 2 is 2.64 bits per heavy atom. The molecule has 2 atom stereocenters. The minimum atomic E-state index is 0.383. The summed E-state index contributed by atoms with van der Waals surface area (Å²) in [5.41, 5.74) is 1.09. The van der Waals surface area contributed by atoms with Crippen LogP contribution in [0.5, 0.6) is 0 Å². The van der Waals surface area contributed by atoms with E-state index >= 15 is 0 Å². The van der Waals surface area contributed by atoms with Gasteiger partial charge in [-0.05, 0) is 13.3 Å². The second-order valence-electron chi connectivity index (χ2n) is 3.31. The van der Waals surface area contributed by atoms with E-state index in [9.17, 15) is 0 Å². The lowest BCUT2D eigenvalue weighted by molar-refractivity contribution is 0.127. The number of thioether (sulfide) groups is 1. The Morgan fingerprint density at radius 1 is 1.79 bits per heavy atom. The highest BCUT2D eigenvalue weighted by molar-refractivity contribution is 7.99. The predicted molar refractivity (Wildman–Crippen MR) is 62.2 cm³/mol. The van der Waals surface area contributed by atoms with Crippen LogP contribution in [0.2, 0.25) is 4.47 Å². The molecular formula is C9H12ClNOS2. The number of nitrogens with zero attached hydrogens (tertiary/aromatic N) is 1. The molecule has 1 aromatic rings. The SMILES string of the molecule is CC1OCCC1SCc1csc(Cl)n1. The number of halogens is 1. The van der Waals surface area contributed by atoms with Crippen molar-refractivity contribution < 1.29 is 4.74 Å². The van der Waals surface area contributed by atoms with Gasteiger partial charge < -0.3 is 4.74 Å². The zero-order valence-electron chi connectivity index (χ0n) is 7.90. The van der Waals surface area contributed by atoms with Gasteiger partial charge in [0.15, 0.2) is 4.47 Å². The lowest BCUT2D eigenvalue weighted by Gasteiger charge is -2.11. The molecular weight excluding hydrogens is 238 g/mol. The highest BCUT2D eigenvalue weighted by Gasteiger charge is 2.24. The summed E-state index contributed by atoms with van der Waals surface area (Å²) < 4.78 is 6.13. The number of hydrogen-bond donors (Lipinski definition) is 0. The Hall–Kier alpha value is 0.230. The fraction of sp³-hybridized carbons (Fsp3) is 0.667. The van der Waals surface area contributed by atoms with Gasteiger partial charge in [0.1, 0.15) is 0 Å². The molecule has 0 bridgehead atoms. The second-order valence-corrected chi connectivity index (χ2v) is 5.97. The smallest absolute Gasteiger partial charge is 0.183 e. The molecule has 2 rings (SSSR count). The molecule has 2 heterocycles. The van der Waals surface area contributed by atoms with Crippen molar-refractivity contribution in [1.29, 1.82) is 0 Å². The van der Waals surface area contributed by atoms with Crippen LogP contribution in [-0.2, 0) is 10.5 Å². The molecule has 0 aromatic carbocycles. The zero-order valence-corrected chi connectivity index (χ0v) is 10.3. The van der Waals surface area contributed by atoms with Crippen LogP contribution in [0.15, 0.2) is 5.38 Å². The minimum absolute atomic E-state index is 0.383. The van der Waals surface area contributed by atoms with Crippen molar-refractivity contribution in [2.75, 3.05) is 6.61 Å². The molecule has 0 aliphatic carbocycles. The summed E-state index contributed by atoms with van der Waals surface area (Å²) in [6.07, 6.45) is 1.54. The van der Waals surface area contributed by atoms with Gasteiger partial charge in [-0.3, -0.25) is 0 Å². The molecule has 0 N–H and O–H groups in total. The average Bonchev–Trinajstić information content (AvgIpc) is 2.72. The van der Waals surface area contributed by atoms with Gasteiger partial charge in [-0.25, -0.2) is 4.98 Å². The Bertz CT molecular complexity index is 305. The third-order valence-electron chi connectivity index (χ3n) is 2.28. The molecule has 1 aliphatic rings. The number of hydrogen-bond acceptors (Lipinski definition) is 4. The van der Waals surface area contributed by atoms with Crippen molar-refractivity contribution in [2.24, 2.45) is 0 Å². The Balaban J connectivity index is 1.82. The summed E-state index contributed by atoms with van der Waals surface area (Å²) in [6.45, 7) is 3.04. The van der Waals surface area contributed by atoms with E-state index in [1.165, 1.54) is 11.3 Å². The van der Waals surface area contributed by atoms with Gasteiger partial charge in [-0.15, -0.1) is 23.1 Å². The minimum Gasteiger partial charge on any atom is -0.377 e. The van der Waals surface area contributed by atoms with Gasteiger partial charge in [-0.1, -0.05) is 11.6 Å². The van der Waals surface area contributed by atoms with Gasteiger partial charge in [0.25, 0.3) is 0 Å². The van der Waals surface area contributed by atoms with Crippen LogP contribution in [0.3, 0.4) is 0 Å². The van der Waals surface area contributed by atoms with Crippen LogP contribution < -0.4 is 0 Å². The molecule has 0 amide bonds. The van der Waals surface area contributed by atoms with E-state index in [2.05, 4.69) is 11.9 Å². The highest BCUT2D eigenvalue weighted by Crippen LogP contribution is 2.29. The summed E-state index contributed by atoms with van der Waals surface area (Å²) in [5.74, 6) is 0.946. The quantitative estimate of drug-likeness (QED) is 0.821. The van der Waals surface area contributed by atoms with Crippen LogP contribution >= 0.6 is 34.7 Å². The molecule has 1 aromatic heterocycles. The van der Waals surface area contributed by atoms with Crippen LogP contribution in [0.4, 0.5) is 0 Å². The van der Waals surface area contributed by atoms with Crippen molar-refractivity contribution in [1.82, 2.24) is 4.98 Å². The highest BCUT2D eigenvalue weighted by atomic mass is 35.5. The first kappa shape index (κ1) is 10.7. The number of ether oxygens (including phenoxy) is 1. The van der Waals surface area contributed by atoms with Crippen molar-refractivity contribution >= 4 is 34.7 Å². The summed E-state index contributed by atoms with van der Waals surface area (Å²) >= 11 is 9.17. The fourth-order valence-electron chi connectivity index (χ4n) is 1.47. The lowest BCUT2D eigenvalue weighted by atomic mass is 10.3. The Labute approximate surface area is 97.0 Å². The number of aromatic nitrogens is 1. The molecule has 14 heavy (non-hydrogen) atoms. The van der Waals surface area contributed by atoms with Crippen LogP contribution in [-0.4, -0.2) is 22.9 Å². The second kappa shape index (κ2) is 4.84. The molecule has 0 radical (unpaired) electrons. The Kier molecular flexibility index (Phi) is 3.71. The topological polar surface area (TPSA) is 22.1 Å². The van der Waals surface area contributed by atoms with Gasteiger partial charge in [0.05, 0.1) is 11.8 Å². The maximum absolute atomic E-state index is 5.76. The number of thiazole rings is 1. The first-order valence-electron chi connectivity index (χ1n) is 4.59. The van der Waals surface area contributed by atoms with Crippen LogP contribution in [0.1, 0.15) is 19.0 Å². The summed E-state index contributed by atoms with van der Waals surface area (Å²) in [4.78, 5) is 4.22. The molecule has 5 heteroatoms. The first-order chi connectivity index (χ1) is 6.75. The van der Waals surface area contributed by atoms with Crippen molar-refractivity contribution in [3.8, 4) is 0 Å². The van der Waals surface area contributed by atoms with Crippen molar-refractivity contribution in [3.05, 3.63) is 15.5 Å². The third-order valence-corrected chi connectivity index (χ3v) is 4.81. The van der Waals surface area contributed by atoms with E-state index in [4.69, 9.17) is 16.3 Å². The summed E-state index contributed by atoms with van der Waals surface area (Å²) in [6, 6.07) is 0. The number of rotatable bonds is 3. The van der Waals surface area contributed by atoms with Crippen molar-refractivity contribution in [2.45, 2.75) is 30.5 Å². The van der Waals surface area contributed by atoms with E-state index in [0.717, 1.165) is 24.5 Å². The van der Waals surface area contributed by atoms with Crippen molar-refractivity contribution in [3.63, 3.8) is 0 Å². The summed E-state index contributed by atoms with van der Waals surface area (Å²) in [7, 11) is 0. The van der Waals surface area contributed by atoms with E-state index in [1.807, 2.05) is 17.1 Å². The molecule has 1 aliphatic heterocycles. The van der Waals surface area contributed by atoms with Gasteiger partial charge in [0.2, 0.25) is 0 Å².